The zero-order valence-electron chi connectivity index (χ0n) is 10.2. The minimum Gasteiger partial charge on any atom is -0.314 e. The van der Waals surface area contributed by atoms with E-state index in [9.17, 15) is 0 Å². The van der Waals surface area contributed by atoms with Gasteiger partial charge in [-0.25, -0.2) is 0 Å². The SMILES string of the molecule is CCNC(CCc1ccncc1)C1CCC1. The van der Waals surface area contributed by atoms with Crippen LogP contribution in [0.1, 0.15) is 38.2 Å². The number of aromatic nitrogens is 1. The van der Waals surface area contributed by atoms with Crippen LogP contribution in [0, 0.1) is 5.92 Å². The number of hydrogen-bond donors (Lipinski definition) is 1. The zero-order chi connectivity index (χ0) is 11.2. The Labute approximate surface area is 98.5 Å². The number of nitrogens with one attached hydrogen (secondary N) is 1. The van der Waals surface area contributed by atoms with Crippen molar-refractivity contribution in [2.45, 2.75) is 45.1 Å². The van der Waals surface area contributed by atoms with Crippen molar-refractivity contribution in [2.75, 3.05) is 6.54 Å². The second-order valence-corrected chi connectivity index (χ2v) is 4.75. The molecule has 2 heteroatoms. The van der Waals surface area contributed by atoms with Gasteiger partial charge in [-0.15, -0.1) is 0 Å². The lowest BCUT2D eigenvalue weighted by Crippen LogP contribution is -2.39. The summed E-state index contributed by atoms with van der Waals surface area (Å²) in [6.07, 6.45) is 10.5. The van der Waals surface area contributed by atoms with Crippen molar-refractivity contribution < 1.29 is 0 Å². The van der Waals surface area contributed by atoms with E-state index in [0.717, 1.165) is 18.5 Å². The molecular weight excluding hydrogens is 196 g/mol. The second kappa shape index (κ2) is 6.00. The smallest absolute Gasteiger partial charge is 0.0270 e. The molecule has 1 aromatic rings. The van der Waals surface area contributed by atoms with E-state index in [4.69, 9.17) is 0 Å². The maximum atomic E-state index is 4.06. The number of aryl methyl sites for hydroxylation is 1. The summed E-state index contributed by atoms with van der Waals surface area (Å²) in [5.74, 6) is 0.932. The molecule has 2 nitrogen and oxygen atoms in total. The summed E-state index contributed by atoms with van der Waals surface area (Å²) in [6.45, 7) is 3.30. The molecule has 0 aromatic carbocycles. The topological polar surface area (TPSA) is 24.9 Å². The summed E-state index contributed by atoms with van der Waals surface area (Å²) in [7, 11) is 0. The summed E-state index contributed by atoms with van der Waals surface area (Å²) in [4.78, 5) is 4.06. The summed E-state index contributed by atoms with van der Waals surface area (Å²) >= 11 is 0. The van der Waals surface area contributed by atoms with Gasteiger partial charge in [0.1, 0.15) is 0 Å². The summed E-state index contributed by atoms with van der Waals surface area (Å²) in [5.41, 5.74) is 1.41. The molecule has 1 heterocycles. The van der Waals surface area contributed by atoms with Crippen LogP contribution in [0.2, 0.25) is 0 Å². The highest BCUT2D eigenvalue weighted by molar-refractivity contribution is 5.10. The normalized spacial score (nSPS) is 18.1. The van der Waals surface area contributed by atoms with Crippen molar-refractivity contribution in [1.82, 2.24) is 10.3 Å². The Kier molecular flexibility index (Phi) is 4.34. The van der Waals surface area contributed by atoms with Crippen LogP contribution in [-0.2, 0) is 6.42 Å². The molecule has 0 amide bonds. The van der Waals surface area contributed by atoms with E-state index in [2.05, 4.69) is 29.4 Å². The fourth-order valence-corrected chi connectivity index (χ4v) is 2.48. The first-order valence-corrected chi connectivity index (χ1v) is 6.52. The molecule has 0 aliphatic heterocycles. The Morgan fingerprint density at radius 3 is 2.69 bits per heavy atom. The van der Waals surface area contributed by atoms with Crippen molar-refractivity contribution in [3.8, 4) is 0 Å². The summed E-state index contributed by atoms with van der Waals surface area (Å²) in [5, 5.41) is 3.64. The predicted molar refractivity (Wildman–Crippen MR) is 67.4 cm³/mol. The van der Waals surface area contributed by atoms with Crippen LogP contribution < -0.4 is 5.32 Å². The summed E-state index contributed by atoms with van der Waals surface area (Å²) < 4.78 is 0. The Morgan fingerprint density at radius 2 is 2.12 bits per heavy atom. The van der Waals surface area contributed by atoms with Gasteiger partial charge >= 0.3 is 0 Å². The molecule has 1 aliphatic carbocycles. The highest BCUT2D eigenvalue weighted by Crippen LogP contribution is 2.31. The molecule has 1 saturated carbocycles. The van der Waals surface area contributed by atoms with Crippen LogP contribution in [-0.4, -0.2) is 17.6 Å². The van der Waals surface area contributed by atoms with Gasteiger partial charge in [0.05, 0.1) is 0 Å². The average Bonchev–Trinajstić information content (AvgIpc) is 2.25. The molecule has 88 valence electrons. The first-order chi connectivity index (χ1) is 7.90. The lowest BCUT2D eigenvalue weighted by atomic mass is 9.78. The minimum atomic E-state index is 0.729. The van der Waals surface area contributed by atoms with Gasteiger partial charge in [0.25, 0.3) is 0 Å². The van der Waals surface area contributed by atoms with Gasteiger partial charge in [-0.3, -0.25) is 4.98 Å². The number of nitrogens with zero attached hydrogens (tertiary/aromatic N) is 1. The van der Waals surface area contributed by atoms with Gasteiger partial charge < -0.3 is 5.32 Å². The third-order valence-corrected chi connectivity index (χ3v) is 3.68. The van der Waals surface area contributed by atoms with E-state index in [1.165, 1.54) is 37.7 Å². The van der Waals surface area contributed by atoms with Crippen LogP contribution >= 0.6 is 0 Å². The largest absolute Gasteiger partial charge is 0.314 e. The quantitative estimate of drug-likeness (QED) is 0.794. The van der Waals surface area contributed by atoms with Gasteiger partial charge in [-0.05, 0) is 55.8 Å². The Morgan fingerprint density at radius 1 is 1.38 bits per heavy atom. The molecule has 1 fully saturated rings. The van der Waals surface area contributed by atoms with Crippen molar-refractivity contribution in [2.24, 2.45) is 5.92 Å². The van der Waals surface area contributed by atoms with E-state index < -0.39 is 0 Å². The van der Waals surface area contributed by atoms with Crippen LogP contribution in [0.5, 0.6) is 0 Å². The van der Waals surface area contributed by atoms with E-state index in [-0.39, 0.29) is 0 Å². The molecule has 1 atom stereocenters. The maximum Gasteiger partial charge on any atom is 0.0270 e. The van der Waals surface area contributed by atoms with Crippen molar-refractivity contribution in [1.29, 1.82) is 0 Å². The molecule has 1 unspecified atom stereocenters. The van der Waals surface area contributed by atoms with Gasteiger partial charge in [0.2, 0.25) is 0 Å². The van der Waals surface area contributed by atoms with E-state index in [0.29, 0.717) is 0 Å². The van der Waals surface area contributed by atoms with Crippen LogP contribution in [0.4, 0.5) is 0 Å². The Hall–Kier alpha value is -0.890. The van der Waals surface area contributed by atoms with Gasteiger partial charge in [-0.1, -0.05) is 13.3 Å². The average molecular weight is 218 g/mol. The molecule has 0 bridgehead atoms. The molecular formula is C14H22N2. The van der Waals surface area contributed by atoms with E-state index >= 15 is 0 Å². The third kappa shape index (κ3) is 3.05. The van der Waals surface area contributed by atoms with E-state index in [1.54, 1.807) is 0 Å². The third-order valence-electron chi connectivity index (χ3n) is 3.68. The van der Waals surface area contributed by atoms with Crippen molar-refractivity contribution in [3.63, 3.8) is 0 Å². The van der Waals surface area contributed by atoms with Gasteiger partial charge in [0.15, 0.2) is 0 Å². The van der Waals surface area contributed by atoms with Crippen LogP contribution in [0.25, 0.3) is 0 Å². The molecule has 16 heavy (non-hydrogen) atoms. The molecule has 1 N–H and O–H groups in total. The van der Waals surface area contributed by atoms with Gasteiger partial charge in [0, 0.05) is 18.4 Å². The van der Waals surface area contributed by atoms with Crippen molar-refractivity contribution in [3.05, 3.63) is 30.1 Å². The highest BCUT2D eigenvalue weighted by Gasteiger charge is 2.25. The monoisotopic (exact) mass is 218 g/mol. The van der Waals surface area contributed by atoms with Crippen LogP contribution in [0.15, 0.2) is 24.5 Å². The van der Waals surface area contributed by atoms with E-state index in [1.807, 2.05) is 12.4 Å². The van der Waals surface area contributed by atoms with Crippen molar-refractivity contribution >= 4 is 0 Å². The molecule has 0 spiro atoms. The lowest BCUT2D eigenvalue weighted by molar-refractivity contribution is 0.222. The fourth-order valence-electron chi connectivity index (χ4n) is 2.48. The Balaban J connectivity index is 1.81. The fraction of sp³-hybridized carbons (Fsp3) is 0.643. The Bertz CT molecular complexity index is 293. The first-order valence-electron chi connectivity index (χ1n) is 6.52. The van der Waals surface area contributed by atoms with Crippen LogP contribution in [0.3, 0.4) is 0 Å². The summed E-state index contributed by atoms with van der Waals surface area (Å²) in [6, 6.07) is 4.99. The second-order valence-electron chi connectivity index (χ2n) is 4.75. The number of pyridine rings is 1. The predicted octanol–water partition coefficient (Wildman–Crippen LogP) is 2.79. The molecule has 0 radical (unpaired) electrons. The molecule has 1 aromatic heterocycles. The minimum absolute atomic E-state index is 0.729. The number of rotatable bonds is 6. The standard InChI is InChI=1S/C14H22N2/c1-2-16-14(13-4-3-5-13)7-6-12-8-10-15-11-9-12/h8-11,13-14,16H,2-7H2,1H3. The zero-order valence-corrected chi connectivity index (χ0v) is 10.2. The highest BCUT2D eigenvalue weighted by atomic mass is 14.9. The molecule has 0 saturated heterocycles. The molecule has 1 aliphatic rings. The molecule has 2 rings (SSSR count). The maximum absolute atomic E-state index is 4.06. The first kappa shape index (κ1) is 11.6. The van der Waals surface area contributed by atoms with Gasteiger partial charge in [-0.2, -0.15) is 0 Å². The number of hydrogen-bond acceptors (Lipinski definition) is 2. The lowest BCUT2D eigenvalue weighted by Gasteiger charge is -2.34.